The third-order valence-electron chi connectivity index (χ3n) is 4.26. The summed E-state index contributed by atoms with van der Waals surface area (Å²) in [6.07, 6.45) is 1.47. The average Bonchev–Trinajstić information content (AvgIpc) is 2.77. The van der Waals surface area contributed by atoms with E-state index < -0.39 is 5.69 Å². The Morgan fingerprint density at radius 3 is 2.27 bits per heavy atom. The van der Waals surface area contributed by atoms with E-state index in [0.717, 1.165) is 0 Å². The third-order valence-corrected chi connectivity index (χ3v) is 4.26. The number of hydrogen-bond acceptors (Lipinski definition) is 8. The Morgan fingerprint density at radius 2 is 1.73 bits per heavy atom. The maximum Gasteiger partial charge on any atom is 0.355 e. The van der Waals surface area contributed by atoms with Gasteiger partial charge in [-0.1, -0.05) is 18.2 Å². The zero-order chi connectivity index (χ0) is 21.7. The van der Waals surface area contributed by atoms with Crippen LogP contribution >= 0.6 is 0 Å². The molecule has 0 amide bonds. The molecule has 0 aliphatic carbocycles. The van der Waals surface area contributed by atoms with Gasteiger partial charge in [-0.05, 0) is 24.3 Å². The second-order valence-corrected chi connectivity index (χ2v) is 5.98. The second kappa shape index (κ2) is 8.79. The van der Waals surface area contributed by atoms with E-state index in [4.69, 9.17) is 19.9 Å². The predicted molar refractivity (Wildman–Crippen MR) is 112 cm³/mol. The number of nitrogens with zero attached hydrogens (tertiary/aromatic N) is 4. The van der Waals surface area contributed by atoms with E-state index in [9.17, 15) is 10.1 Å². The maximum absolute atomic E-state index is 12.4. The van der Waals surface area contributed by atoms with Gasteiger partial charge in [0.2, 0.25) is 5.75 Å². The summed E-state index contributed by atoms with van der Waals surface area (Å²) in [4.78, 5) is 20.6. The van der Waals surface area contributed by atoms with E-state index >= 15 is 0 Å². The van der Waals surface area contributed by atoms with Crippen molar-refractivity contribution < 1.29 is 14.2 Å². The Labute approximate surface area is 172 Å². The molecule has 0 radical (unpaired) electrons. The number of nitriles is 1. The zero-order valence-corrected chi connectivity index (χ0v) is 16.6. The minimum absolute atomic E-state index is 0.00133. The van der Waals surface area contributed by atoms with E-state index in [1.165, 1.54) is 32.1 Å². The van der Waals surface area contributed by atoms with Crippen LogP contribution in [0.25, 0.3) is 5.69 Å². The van der Waals surface area contributed by atoms with Crippen molar-refractivity contribution in [1.29, 1.82) is 5.26 Å². The Morgan fingerprint density at radius 1 is 1.10 bits per heavy atom. The molecule has 0 saturated carbocycles. The minimum atomic E-state index is -0.665. The van der Waals surface area contributed by atoms with Crippen LogP contribution in [-0.4, -0.2) is 37.1 Å². The normalized spacial score (nSPS) is 10.6. The molecular weight excluding hydrogens is 386 g/mol. The lowest BCUT2D eigenvalue weighted by Gasteiger charge is -2.13. The van der Waals surface area contributed by atoms with Gasteiger partial charge in [-0.25, -0.2) is 14.4 Å². The van der Waals surface area contributed by atoms with Crippen molar-refractivity contribution in [3.63, 3.8) is 0 Å². The topological polar surface area (TPSA) is 125 Å². The average molecular weight is 405 g/mol. The summed E-state index contributed by atoms with van der Waals surface area (Å²) in [7, 11) is 4.51. The maximum atomic E-state index is 12.4. The molecule has 30 heavy (non-hydrogen) atoms. The summed E-state index contributed by atoms with van der Waals surface area (Å²) in [5, 5.41) is 9.41. The lowest BCUT2D eigenvalue weighted by atomic mass is 10.2. The van der Waals surface area contributed by atoms with Crippen molar-refractivity contribution in [1.82, 2.24) is 9.55 Å². The van der Waals surface area contributed by atoms with Crippen LogP contribution < -0.4 is 25.6 Å². The predicted octanol–water partition coefficient (Wildman–Crippen LogP) is 2.46. The highest BCUT2D eigenvalue weighted by Gasteiger charge is 2.16. The number of anilines is 1. The van der Waals surface area contributed by atoms with Gasteiger partial charge >= 0.3 is 5.69 Å². The fraction of sp³-hybridized carbons (Fsp3) is 0.143. The Kier molecular flexibility index (Phi) is 5.98. The highest BCUT2D eigenvalue weighted by atomic mass is 16.5. The molecule has 9 heteroatoms. The molecule has 3 aromatic rings. The molecule has 0 aliphatic rings. The van der Waals surface area contributed by atoms with E-state index in [1.54, 1.807) is 36.4 Å². The number of nitrogen functional groups attached to an aromatic ring is 1. The van der Waals surface area contributed by atoms with Crippen molar-refractivity contribution in [2.45, 2.75) is 0 Å². The van der Waals surface area contributed by atoms with Gasteiger partial charge in [0.1, 0.15) is 17.6 Å². The minimum Gasteiger partial charge on any atom is -0.493 e. The zero-order valence-electron chi connectivity index (χ0n) is 16.6. The molecule has 0 fully saturated rings. The van der Waals surface area contributed by atoms with Gasteiger partial charge in [0.15, 0.2) is 17.2 Å². The number of aromatic nitrogens is 2. The van der Waals surface area contributed by atoms with Crippen LogP contribution in [0, 0.1) is 11.3 Å². The number of rotatable bonds is 6. The monoisotopic (exact) mass is 405 g/mol. The molecule has 2 N–H and O–H groups in total. The third kappa shape index (κ3) is 3.79. The summed E-state index contributed by atoms with van der Waals surface area (Å²) in [5.74, 6) is 1.33. The van der Waals surface area contributed by atoms with Crippen LogP contribution in [0.4, 0.5) is 11.5 Å². The van der Waals surface area contributed by atoms with Crippen LogP contribution in [0.1, 0.15) is 11.3 Å². The van der Waals surface area contributed by atoms with Gasteiger partial charge < -0.3 is 19.9 Å². The first-order valence-electron chi connectivity index (χ1n) is 8.76. The van der Waals surface area contributed by atoms with Gasteiger partial charge in [-0.2, -0.15) is 10.2 Å². The molecule has 0 atom stereocenters. The first kappa shape index (κ1) is 20.4. The van der Waals surface area contributed by atoms with E-state index in [2.05, 4.69) is 9.98 Å². The van der Waals surface area contributed by atoms with E-state index in [1.807, 2.05) is 12.1 Å². The quantitative estimate of drug-likeness (QED) is 0.625. The highest BCUT2D eigenvalue weighted by molar-refractivity contribution is 5.86. The van der Waals surface area contributed by atoms with Crippen LogP contribution in [-0.2, 0) is 0 Å². The number of hydrogen-bond donors (Lipinski definition) is 1. The molecule has 2 aromatic carbocycles. The van der Waals surface area contributed by atoms with Crippen molar-refractivity contribution in [3.05, 3.63) is 64.2 Å². The van der Waals surface area contributed by atoms with Gasteiger partial charge in [0, 0.05) is 11.8 Å². The fourth-order valence-corrected chi connectivity index (χ4v) is 2.88. The number of methoxy groups -OCH3 is 3. The number of benzene rings is 2. The molecular formula is C21H19N5O4. The molecule has 9 nitrogen and oxygen atoms in total. The van der Waals surface area contributed by atoms with Gasteiger partial charge in [-0.3, -0.25) is 0 Å². The molecule has 1 heterocycles. The molecule has 0 aliphatic heterocycles. The summed E-state index contributed by atoms with van der Waals surface area (Å²) in [5.41, 5.74) is 6.56. The number of aliphatic imine (C=N–C) groups is 1. The van der Waals surface area contributed by atoms with Crippen molar-refractivity contribution in [2.24, 2.45) is 4.99 Å². The molecule has 3 rings (SSSR count). The number of para-hydroxylation sites is 1. The summed E-state index contributed by atoms with van der Waals surface area (Å²) in [6.45, 7) is 0. The molecule has 1 aromatic heterocycles. The standard InChI is InChI=1S/C21H19N5O4/c1-28-16-9-13(10-17(29-2)19(16)30-3)12-24-18-15(11-22)25-21(27)26(20(18)23)14-7-5-4-6-8-14/h4-10,12H,23H2,1-3H3. The summed E-state index contributed by atoms with van der Waals surface area (Å²) >= 11 is 0. The first-order chi connectivity index (χ1) is 14.5. The molecule has 0 spiro atoms. The highest BCUT2D eigenvalue weighted by Crippen LogP contribution is 2.38. The number of ether oxygens (including phenoxy) is 3. The molecule has 152 valence electrons. The van der Waals surface area contributed by atoms with Crippen molar-refractivity contribution in [3.8, 4) is 29.0 Å². The van der Waals surface area contributed by atoms with Crippen molar-refractivity contribution >= 4 is 17.7 Å². The van der Waals surface area contributed by atoms with Crippen LogP contribution in [0.5, 0.6) is 17.2 Å². The van der Waals surface area contributed by atoms with Gasteiger partial charge in [-0.15, -0.1) is 0 Å². The molecule has 0 bridgehead atoms. The van der Waals surface area contributed by atoms with Crippen LogP contribution in [0.3, 0.4) is 0 Å². The SMILES string of the molecule is COc1cc(C=Nc2c(C#N)nc(=O)n(-c3ccccc3)c2N)cc(OC)c1OC. The molecule has 0 unspecified atom stereocenters. The lowest BCUT2D eigenvalue weighted by Crippen LogP contribution is -2.25. The fourth-order valence-electron chi connectivity index (χ4n) is 2.88. The largest absolute Gasteiger partial charge is 0.493 e. The number of nitrogens with two attached hydrogens (primary N) is 1. The Bertz CT molecular complexity index is 1170. The Balaban J connectivity index is 2.14. The second-order valence-electron chi connectivity index (χ2n) is 5.98. The van der Waals surface area contributed by atoms with Crippen LogP contribution in [0.2, 0.25) is 0 Å². The van der Waals surface area contributed by atoms with E-state index in [-0.39, 0.29) is 17.2 Å². The Hall–Kier alpha value is -4.32. The van der Waals surface area contributed by atoms with Gasteiger partial charge in [0.25, 0.3) is 0 Å². The lowest BCUT2D eigenvalue weighted by molar-refractivity contribution is 0.324. The summed E-state index contributed by atoms with van der Waals surface area (Å²) in [6, 6.07) is 14.0. The summed E-state index contributed by atoms with van der Waals surface area (Å²) < 4.78 is 17.2. The van der Waals surface area contributed by atoms with Crippen LogP contribution in [0.15, 0.2) is 52.3 Å². The molecule has 0 saturated heterocycles. The smallest absolute Gasteiger partial charge is 0.355 e. The van der Waals surface area contributed by atoms with Crippen molar-refractivity contribution in [2.75, 3.05) is 27.1 Å². The van der Waals surface area contributed by atoms with E-state index in [0.29, 0.717) is 28.5 Å². The first-order valence-corrected chi connectivity index (χ1v) is 8.76. The van der Waals surface area contributed by atoms with Gasteiger partial charge in [0.05, 0.1) is 27.0 Å².